The van der Waals surface area contributed by atoms with Gasteiger partial charge in [0.2, 0.25) is 0 Å². The molecule has 0 bridgehead atoms. The van der Waals surface area contributed by atoms with Gasteiger partial charge in [-0.1, -0.05) is 23.7 Å². The molecule has 0 N–H and O–H groups in total. The van der Waals surface area contributed by atoms with E-state index >= 15 is 0 Å². The van der Waals surface area contributed by atoms with Crippen molar-refractivity contribution in [2.75, 3.05) is 0 Å². The number of alkyl halides is 3. The average Bonchev–Trinajstić information content (AvgIpc) is 2.31. The fraction of sp³-hybridized carbons (Fsp3) is 0.100. The summed E-state index contributed by atoms with van der Waals surface area (Å²) < 4.78 is 62.9. The lowest BCUT2D eigenvalue weighted by molar-refractivity contribution is -0.0499. The summed E-state index contributed by atoms with van der Waals surface area (Å²) in [5.41, 5.74) is -5.60. The van der Waals surface area contributed by atoms with Crippen molar-refractivity contribution in [3.63, 3.8) is 0 Å². The third kappa shape index (κ3) is 2.59. The minimum absolute atomic E-state index is 0.0668. The van der Waals surface area contributed by atoms with Crippen LogP contribution in [0.1, 0.15) is 0 Å². The first kappa shape index (κ1) is 13.9. The minimum Gasteiger partial charge on any atom is -0.372 e. The molecule has 102 valence electrons. The standard InChI is InChI=1S/C10H5ClF3NO3S/c11-7-4-3-6-2-1-5-15-8(6)9(7)18-19(16,17)10(12,13)14/h1-5H. The maximum Gasteiger partial charge on any atom is 0.534 e. The van der Waals surface area contributed by atoms with Gasteiger partial charge in [0, 0.05) is 11.6 Å². The molecule has 9 heteroatoms. The van der Waals surface area contributed by atoms with E-state index in [0.29, 0.717) is 5.39 Å². The summed E-state index contributed by atoms with van der Waals surface area (Å²) in [6.07, 6.45) is 1.28. The molecule has 0 spiro atoms. The molecule has 19 heavy (non-hydrogen) atoms. The summed E-state index contributed by atoms with van der Waals surface area (Å²) in [5, 5.41) is 0.123. The zero-order valence-electron chi connectivity index (χ0n) is 8.98. The van der Waals surface area contributed by atoms with Crippen molar-refractivity contribution in [1.82, 2.24) is 4.98 Å². The van der Waals surface area contributed by atoms with Gasteiger partial charge in [0.1, 0.15) is 5.52 Å². The van der Waals surface area contributed by atoms with Gasteiger partial charge in [-0.05, 0) is 12.1 Å². The van der Waals surface area contributed by atoms with E-state index in [1.165, 1.54) is 30.5 Å². The van der Waals surface area contributed by atoms with Crippen LogP contribution in [0.5, 0.6) is 5.75 Å². The first-order valence-corrected chi connectivity index (χ1v) is 6.55. The molecule has 0 unspecified atom stereocenters. The zero-order valence-corrected chi connectivity index (χ0v) is 10.6. The topological polar surface area (TPSA) is 56.3 Å². The number of hydrogen-bond acceptors (Lipinski definition) is 4. The maximum absolute atomic E-state index is 12.3. The van der Waals surface area contributed by atoms with Crippen molar-refractivity contribution in [2.45, 2.75) is 5.51 Å². The van der Waals surface area contributed by atoms with Crippen molar-refractivity contribution in [3.8, 4) is 5.75 Å². The Hall–Kier alpha value is -1.54. The smallest absolute Gasteiger partial charge is 0.372 e. The van der Waals surface area contributed by atoms with Crippen LogP contribution in [0.3, 0.4) is 0 Å². The van der Waals surface area contributed by atoms with Gasteiger partial charge >= 0.3 is 15.6 Å². The Morgan fingerprint density at radius 3 is 2.53 bits per heavy atom. The van der Waals surface area contributed by atoms with Gasteiger partial charge in [-0.2, -0.15) is 21.6 Å². The summed E-state index contributed by atoms with van der Waals surface area (Å²) in [6.45, 7) is 0. The van der Waals surface area contributed by atoms with E-state index in [9.17, 15) is 21.6 Å². The van der Waals surface area contributed by atoms with E-state index in [2.05, 4.69) is 9.17 Å². The van der Waals surface area contributed by atoms with E-state index in [4.69, 9.17) is 11.6 Å². The van der Waals surface area contributed by atoms with E-state index in [1.54, 1.807) is 0 Å². The molecule has 0 amide bonds. The number of hydrogen-bond donors (Lipinski definition) is 0. The van der Waals surface area contributed by atoms with Crippen molar-refractivity contribution >= 4 is 32.6 Å². The molecule has 0 aliphatic carbocycles. The second-order valence-corrected chi connectivity index (χ2v) is 5.38. The summed E-state index contributed by atoms with van der Waals surface area (Å²) in [5.74, 6) is -0.642. The molecule has 0 fully saturated rings. The van der Waals surface area contributed by atoms with Crippen LogP contribution < -0.4 is 4.18 Å². The Balaban J connectivity index is 2.61. The third-order valence-corrected chi connectivity index (χ3v) is 3.41. The molecular formula is C10H5ClF3NO3S. The number of halogens is 4. The Bertz CT molecular complexity index is 730. The van der Waals surface area contributed by atoms with Gasteiger partial charge in [-0.25, -0.2) is 0 Å². The first-order chi connectivity index (χ1) is 8.72. The van der Waals surface area contributed by atoms with Gasteiger partial charge in [-0.3, -0.25) is 4.98 Å². The Kier molecular flexibility index (Phi) is 3.31. The van der Waals surface area contributed by atoms with Crippen LogP contribution in [-0.4, -0.2) is 18.9 Å². The number of pyridine rings is 1. The highest BCUT2D eigenvalue weighted by atomic mass is 35.5. The molecule has 0 radical (unpaired) electrons. The predicted molar refractivity (Wildman–Crippen MR) is 62.4 cm³/mol. The largest absolute Gasteiger partial charge is 0.534 e. The Morgan fingerprint density at radius 2 is 1.89 bits per heavy atom. The molecule has 2 rings (SSSR count). The zero-order chi connectivity index (χ0) is 14.3. The normalized spacial score (nSPS) is 12.6. The van der Waals surface area contributed by atoms with Crippen LogP contribution in [0.2, 0.25) is 5.02 Å². The molecule has 0 saturated carbocycles. The summed E-state index contributed by atoms with van der Waals surface area (Å²) in [7, 11) is -5.79. The third-order valence-electron chi connectivity index (χ3n) is 2.16. The molecule has 1 aromatic carbocycles. The lowest BCUT2D eigenvalue weighted by Crippen LogP contribution is -2.28. The molecule has 0 aliphatic rings. The Labute approximate surface area is 110 Å². The van der Waals surface area contributed by atoms with E-state index in [1.807, 2.05) is 0 Å². The van der Waals surface area contributed by atoms with Crippen molar-refractivity contribution < 1.29 is 25.8 Å². The highest BCUT2D eigenvalue weighted by molar-refractivity contribution is 7.88. The molecule has 2 aromatic rings. The second-order valence-electron chi connectivity index (χ2n) is 3.43. The lowest BCUT2D eigenvalue weighted by atomic mass is 10.2. The van der Waals surface area contributed by atoms with Crippen LogP contribution in [0.25, 0.3) is 10.9 Å². The molecule has 0 saturated heterocycles. The van der Waals surface area contributed by atoms with Crippen molar-refractivity contribution in [2.24, 2.45) is 0 Å². The van der Waals surface area contributed by atoms with Crippen LogP contribution in [0, 0.1) is 0 Å². The van der Waals surface area contributed by atoms with Crippen LogP contribution >= 0.6 is 11.6 Å². The SMILES string of the molecule is O=S(=O)(Oc1c(Cl)ccc2cccnc12)C(F)(F)F. The van der Waals surface area contributed by atoms with E-state index in [0.717, 1.165) is 0 Å². The number of benzene rings is 1. The highest BCUT2D eigenvalue weighted by Gasteiger charge is 2.49. The molecule has 0 atom stereocenters. The molecule has 1 aromatic heterocycles. The van der Waals surface area contributed by atoms with Crippen LogP contribution in [0.15, 0.2) is 30.5 Å². The summed E-state index contributed by atoms with van der Waals surface area (Å²) in [4.78, 5) is 3.77. The maximum atomic E-state index is 12.3. The summed E-state index contributed by atoms with van der Waals surface area (Å²) >= 11 is 5.66. The molecule has 1 heterocycles. The van der Waals surface area contributed by atoms with Crippen LogP contribution in [0.4, 0.5) is 13.2 Å². The van der Waals surface area contributed by atoms with Gasteiger partial charge < -0.3 is 4.18 Å². The van der Waals surface area contributed by atoms with Gasteiger partial charge in [-0.15, -0.1) is 0 Å². The monoisotopic (exact) mass is 311 g/mol. The van der Waals surface area contributed by atoms with Crippen molar-refractivity contribution in [3.05, 3.63) is 35.5 Å². The second kappa shape index (κ2) is 4.53. The first-order valence-electron chi connectivity index (χ1n) is 4.76. The summed E-state index contributed by atoms with van der Waals surface area (Å²) in [6, 6.07) is 5.79. The quantitative estimate of drug-likeness (QED) is 0.631. The number of nitrogens with zero attached hydrogens (tertiary/aromatic N) is 1. The molecular weight excluding hydrogens is 307 g/mol. The average molecular weight is 312 g/mol. The van der Waals surface area contributed by atoms with Gasteiger partial charge in [0.25, 0.3) is 0 Å². The van der Waals surface area contributed by atoms with E-state index < -0.39 is 21.4 Å². The lowest BCUT2D eigenvalue weighted by Gasteiger charge is -2.12. The fourth-order valence-corrected chi connectivity index (χ4v) is 2.05. The number of aromatic nitrogens is 1. The van der Waals surface area contributed by atoms with Crippen molar-refractivity contribution in [1.29, 1.82) is 0 Å². The molecule has 4 nitrogen and oxygen atoms in total. The van der Waals surface area contributed by atoms with Gasteiger partial charge in [0.15, 0.2) is 5.75 Å². The van der Waals surface area contributed by atoms with Gasteiger partial charge in [0.05, 0.1) is 5.02 Å². The number of fused-ring (bicyclic) bond motifs is 1. The predicted octanol–water partition coefficient (Wildman–Crippen LogP) is 3.12. The Morgan fingerprint density at radius 1 is 1.21 bits per heavy atom. The number of rotatable bonds is 2. The molecule has 0 aliphatic heterocycles. The fourth-order valence-electron chi connectivity index (χ4n) is 1.33. The highest BCUT2D eigenvalue weighted by Crippen LogP contribution is 2.36. The van der Waals surface area contributed by atoms with E-state index in [-0.39, 0.29) is 10.5 Å². The van der Waals surface area contributed by atoms with Crippen LogP contribution in [-0.2, 0) is 10.1 Å². The minimum atomic E-state index is -5.79.